The Morgan fingerprint density at radius 3 is 2.84 bits per heavy atom. The summed E-state index contributed by atoms with van der Waals surface area (Å²) in [6.45, 7) is 4.49. The number of nitrogens with zero attached hydrogens (tertiary/aromatic N) is 3. The first-order chi connectivity index (χ1) is 9.18. The number of morpholine rings is 1. The van der Waals surface area contributed by atoms with Gasteiger partial charge < -0.3 is 14.2 Å². The molecule has 100 valence electrons. The van der Waals surface area contributed by atoms with Crippen LogP contribution in [0.2, 0.25) is 0 Å². The number of aromatic nitrogens is 2. The number of carbonyl (C=O) groups is 1. The van der Waals surface area contributed by atoms with E-state index in [1.54, 1.807) is 6.20 Å². The highest BCUT2D eigenvalue weighted by molar-refractivity contribution is 6.06. The minimum atomic E-state index is 0.0441. The van der Waals surface area contributed by atoms with Gasteiger partial charge in [0.1, 0.15) is 0 Å². The van der Waals surface area contributed by atoms with Gasteiger partial charge in [0, 0.05) is 43.6 Å². The molecule has 0 N–H and O–H groups in total. The zero-order valence-electron chi connectivity index (χ0n) is 11.2. The van der Waals surface area contributed by atoms with Crippen LogP contribution >= 0.6 is 0 Å². The van der Waals surface area contributed by atoms with Crippen LogP contribution in [0.1, 0.15) is 16.1 Å². The number of rotatable bonds is 1. The van der Waals surface area contributed by atoms with Crippen LogP contribution in [0, 0.1) is 6.92 Å². The molecule has 0 atom stereocenters. The predicted octanol–water partition coefficient (Wildman–Crippen LogP) is 1.35. The van der Waals surface area contributed by atoms with E-state index in [1.165, 1.54) is 0 Å². The van der Waals surface area contributed by atoms with E-state index in [-0.39, 0.29) is 5.91 Å². The van der Waals surface area contributed by atoms with E-state index >= 15 is 0 Å². The Morgan fingerprint density at radius 2 is 2.11 bits per heavy atom. The maximum atomic E-state index is 12.6. The molecule has 0 saturated carbocycles. The fourth-order valence-electron chi connectivity index (χ4n) is 2.54. The van der Waals surface area contributed by atoms with Crippen molar-refractivity contribution in [2.24, 2.45) is 7.05 Å². The minimum Gasteiger partial charge on any atom is -0.378 e. The van der Waals surface area contributed by atoms with Crippen molar-refractivity contribution in [3.05, 3.63) is 29.7 Å². The van der Waals surface area contributed by atoms with Crippen LogP contribution in [-0.4, -0.2) is 46.7 Å². The first-order valence-electron chi connectivity index (χ1n) is 6.46. The maximum absolute atomic E-state index is 12.6. The Kier molecular flexibility index (Phi) is 2.98. The molecule has 3 heterocycles. The van der Waals surface area contributed by atoms with E-state index in [2.05, 4.69) is 4.98 Å². The van der Waals surface area contributed by atoms with E-state index < -0.39 is 0 Å². The van der Waals surface area contributed by atoms with E-state index in [0.29, 0.717) is 31.9 Å². The monoisotopic (exact) mass is 259 g/mol. The highest BCUT2D eigenvalue weighted by Crippen LogP contribution is 2.22. The van der Waals surface area contributed by atoms with Crippen LogP contribution in [0.15, 0.2) is 18.5 Å². The maximum Gasteiger partial charge on any atom is 0.257 e. The van der Waals surface area contributed by atoms with Gasteiger partial charge in [-0.05, 0) is 13.0 Å². The van der Waals surface area contributed by atoms with Gasteiger partial charge in [-0.15, -0.1) is 0 Å². The largest absolute Gasteiger partial charge is 0.378 e. The molecular formula is C14H17N3O2. The van der Waals surface area contributed by atoms with Gasteiger partial charge in [-0.25, -0.2) is 0 Å². The summed E-state index contributed by atoms with van der Waals surface area (Å²) in [6, 6.07) is 2.01. The average molecular weight is 259 g/mol. The molecule has 0 radical (unpaired) electrons. The van der Waals surface area contributed by atoms with Crippen molar-refractivity contribution in [3.63, 3.8) is 0 Å². The van der Waals surface area contributed by atoms with Crippen molar-refractivity contribution in [3.8, 4) is 0 Å². The molecule has 0 bridgehead atoms. The molecule has 1 saturated heterocycles. The normalized spacial score (nSPS) is 16.0. The fraction of sp³-hybridized carbons (Fsp3) is 0.429. The van der Waals surface area contributed by atoms with Crippen LogP contribution in [0.5, 0.6) is 0 Å². The Hall–Kier alpha value is -1.88. The van der Waals surface area contributed by atoms with Gasteiger partial charge in [-0.2, -0.15) is 0 Å². The first kappa shape index (κ1) is 12.2. The molecule has 1 fully saturated rings. The number of hydrogen-bond donors (Lipinski definition) is 0. The van der Waals surface area contributed by atoms with Gasteiger partial charge in [0.2, 0.25) is 0 Å². The van der Waals surface area contributed by atoms with Gasteiger partial charge in [0.25, 0.3) is 5.91 Å². The summed E-state index contributed by atoms with van der Waals surface area (Å²) in [6.07, 6.45) is 3.66. The molecule has 0 unspecified atom stereocenters. The molecule has 5 nitrogen and oxygen atoms in total. The lowest BCUT2D eigenvalue weighted by Gasteiger charge is -2.27. The molecular weight excluding hydrogens is 242 g/mol. The second kappa shape index (κ2) is 4.66. The predicted molar refractivity (Wildman–Crippen MR) is 72.2 cm³/mol. The van der Waals surface area contributed by atoms with Crippen LogP contribution in [-0.2, 0) is 11.8 Å². The number of fused-ring (bicyclic) bond motifs is 1. The first-order valence-corrected chi connectivity index (χ1v) is 6.46. The molecule has 19 heavy (non-hydrogen) atoms. The SMILES string of the molecule is Cc1ncc(C(=O)N2CCOCC2)c2c1ccn2C. The van der Waals surface area contributed by atoms with Crippen molar-refractivity contribution < 1.29 is 9.53 Å². The number of aryl methyl sites for hydroxylation is 2. The van der Waals surface area contributed by atoms with Crippen LogP contribution in [0.3, 0.4) is 0 Å². The summed E-state index contributed by atoms with van der Waals surface area (Å²) in [5, 5.41) is 1.04. The summed E-state index contributed by atoms with van der Waals surface area (Å²) in [7, 11) is 1.96. The second-order valence-electron chi connectivity index (χ2n) is 4.85. The molecule has 0 spiro atoms. The molecule has 5 heteroatoms. The molecule has 2 aromatic rings. The quantitative estimate of drug-likeness (QED) is 0.776. The minimum absolute atomic E-state index is 0.0441. The number of ether oxygens (including phenoxy) is 1. The zero-order valence-corrected chi connectivity index (χ0v) is 11.2. The molecule has 3 rings (SSSR count). The topological polar surface area (TPSA) is 47.4 Å². The Balaban J connectivity index is 2.07. The number of hydrogen-bond acceptors (Lipinski definition) is 3. The zero-order chi connectivity index (χ0) is 13.4. The lowest BCUT2D eigenvalue weighted by Crippen LogP contribution is -2.40. The van der Waals surface area contributed by atoms with Gasteiger partial charge in [-0.1, -0.05) is 0 Å². The molecule has 0 aliphatic carbocycles. The Labute approximate surface area is 111 Å². The Morgan fingerprint density at radius 1 is 1.37 bits per heavy atom. The van der Waals surface area contributed by atoms with E-state index in [1.807, 2.05) is 35.7 Å². The number of carbonyl (C=O) groups excluding carboxylic acids is 1. The Bertz CT molecular complexity index is 627. The summed E-state index contributed by atoms with van der Waals surface area (Å²) < 4.78 is 7.27. The van der Waals surface area contributed by atoms with Crippen molar-refractivity contribution in [2.45, 2.75) is 6.92 Å². The van der Waals surface area contributed by atoms with Crippen molar-refractivity contribution in [1.29, 1.82) is 0 Å². The van der Waals surface area contributed by atoms with Crippen molar-refractivity contribution in [2.75, 3.05) is 26.3 Å². The molecule has 1 amide bonds. The van der Waals surface area contributed by atoms with Gasteiger partial charge in [-0.3, -0.25) is 9.78 Å². The van der Waals surface area contributed by atoms with Crippen molar-refractivity contribution >= 4 is 16.8 Å². The average Bonchev–Trinajstić information content (AvgIpc) is 2.83. The summed E-state index contributed by atoms with van der Waals surface area (Å²) in [5.74, 6) is 0.0441. The van der Waals surface area contributed by atoms with E-state index in [0.717, 1.165) is 16.6 Å². The highest BCUT2D eigenvalue weighted by atomic mass is 16.5. The number of amides is 1. The highest BCUT2D eigenvalue weighted by Gasteiger charge is 2.22. The smallest absolute Gasteiger partial charge is 0.257 e. The van der Waals surface area contributed by atoms with Crippen molar-refractivity contribution in [1.82, 2.24) is 14.5 Å². The van der Waals surface area contributed by atoms with Crippen LogP contribution in [0.4, 0.5) is 0 Å². The van der Waals surface area contributed by atoms with Gasteiger partial charge in [0.15, 0.2) is 0 Å². The third-order valence-electron chi connectivity index (χ3n) is 3.63. The molecule has 1 aliphatic rings. The number of pyridine rings is 1. The standard InChI is InChI=1S/C14H17N3O2/c1-10-11-3-4-16(2)13(11)12(9-15-10)14(18)17-5-7-19-8-6-17/h3-4,9H,5-8H2,1-2H3. The third-order valence-corrected chi connectivity index (χ3v) is 3.63. The van der Waals surface area contributed by atoms with Gasteiger partial charge >= 0.3 is 0 Å². The summed E-state index contributed by atoms with van der Waals surface area (Å²) in [4.78, 5) is 18.8. The van der Waals surface area contributed by atoms with E-state index in [4.69, 9.17) is 4.74 Å². The third kappa shape index (κ3) is 2.00. The molecule has 0 aromatic carbocycles. The lowest BCUT2D eigenvalue weighted by atomic mass is 10.1. The summed E-state index contributed by atoms with van der Waals surface area (Å²) >= 11 is 0. The molecule has 2 aromatic heterocycles. The van der Waals surface area contributed by atoms with Gasteiger partial charge in [0.05, 0.1) is 24.3 Å². The second-order valence-corrected chi connectivity index (χ2v) is 4.85. The van der Waals surface area contributed by atoms with Crippen LogP contribution < -0.4 is 0 Å². The van der Waals surface area contributed by atoms with Crippen LogP contribution in [0.25, 0.3) is 10.9 Å². The van der Waals surface area contributed by atoms with E-state index in [9.17, 15) is 4.79 Å². The summed E-state index contributed by atoms with van der Waals surface area (Å²) in [5.41, 5.74) is 2.59. The molecule has 1 aliphatic heterocycles. The lowest BCUT2D eigenvalue weighted by molar-refractivity contribution is 0.0303. The fourth-order valence-corrected chi connectivity index (χ4v) is 2.54.